The normalized spacial score (nSPS) is 20.0. The number of aryl methyl sites for hydroxylation is 1. The number of nitro groups is 1. The van der Waals surface area contributed by atoms with Crippen LogP contribution in [0.3, 0.4) is 0 Å². The first kappa shape index (κ1) is 12.8. The molecule has 0 aliphatic carbocycles. The van der Waals surface area contributed by atoms with Crippen LogP contribution in [-0.2, 0) is 0 Å². The minimum atomic E-state index is -0.421. The largest absolute Gasteiger partial charge is 0.370 e. The van der Waals surface area contributed by atoms with E-state index in [-0.39, 0.29) is 5.69 Å². The molecule has 0 amide bonds. The Kier molecular flexibility index (Phi) is 3.76. The van der Waals surface area contributed by atoms with Crippen molar-refractivity contribution in [3.05, 3.63) is 27.9 Å². The second kappa shape index (κ2) is 5.30. The number of hydrogen-bond donors (Lipinski definition) is 1. The SMILES string of the molecule is Cc1cc([N+](=O)[O-])cnc1NCC1CCN(C)C1. The predicted molar refractivity (Wildman–Crippen MR) is 69.7 cm³/mol. The minimum absolute atomic E-state index is 0.0404. The third-order valence-corrected chi connectivity index (χ3v) is 3.32. The number of aromatic nitrogens is 1. The smallest absolute Gasteiger partial charge is 0.287 e. The summed E-state index contributed by atoms with van der Waals surface area (Å²) in [7, 11) is 2.12. The average molecular weight is 250 g/mol. The zero-order chi connectivity index (χ0) is 13.1. The molecule has 6 nitrogen and oxygen atoms in total. The van der Waals surface area contributed by atoms with Crippen LogP contribution in [0.5, 0.6) is 0 Å². The van der Waals surface area contributed by atoms with Gasteiger partial charge < -0.3 is 10.2 Å². The van der Waals surface area contributed by atoms with Crippen molar-refractivity contribution in [1.29, 1.82) is 0 Å². The summed E-state index contributed by atoms with van der Waals surface area (Å²) in [6.45, 7) is 4.94. The number of pyridine rings is 1. The highest BCUT2D eigenvalue weighted by atomic mass is 16.6. The van der Waals surface area contributed by atoms with Crippen molar-refractivity contribution in [2.24, 2.45) is 5.92 Å². The van der Waals surface area contributed by atoms with Crippen molar-refractivity contribution in [2.75, 3.05) is 32.0 Å². The Morgan fingerprint density at radius 3 is 3.00 bits per heavy atom. The van der Waals surface area contributed by atoms with Crippen LogP contribution in [0.2, 0.25) is 0 Å². The summed E-state index contributed by atoms with van der Waals surface area (Å²) in [6.07, 6.45) is 2.49. The highest BCUT2D eigenvalue weighted by molar-refractivity contribution is 5.48. The molecule has 1 unspecified atom stereocenters. The van der Waals surface area contributed by atoms with Gasteiger partial charge in [0.25, 0.3) is 5.69 Å². The average Bonchev–Trinajstić information content (AvgIpc) is 2.73. The summed E-state index contributed by atoms with van der Waals surface area (Å²) in [5, 5.41) is 13.9. The Hall–Kier alpha value is -1.69. The fourth-order valence-corrected chi connectivity index (χ4v) is 2.28. The Balaban J connectivity index is 1.95. The van der Waals surface area contributed by atoms with Crippen LogP contribution in [0.15, 0.2) is 12.3 Å². The highest BCUT2D eigenvalue weighted by Crippen LogP contribution is 2.20. The zero-order valence-electron chi connectivity index (χ0n) is 10.7. The summed E-state index contributed by atoms with van der Waals surface area (Å²) in [4.78, 5) is 16.6. The third kappa shape index (κ3) is 2.95. The molecule has 1 aromatic rings. The van der Waals surface area contributed by atoms with Crippen LogP contribution in [0, 0.1) is 23.0 Å². The molecule has 0 spiro atoms. The van der Waals surface area contributed by atoms with Crippen molar-refractivity contribution in [2.45, 2.75) is 13.3 Å². The monoisotopic (exact) mass is 250 g/mol. The number of likely N-dealkylation sites (tertiary alicyclic amines) is 1. The van der Waals surface area contributed by atoms with Crippen LogP contribution in [0.4, 0.5) is 11.5 Å². The second-order valence-electron chi connectivity index (χ2n) is 4.91. The molecule has 0 saturated carbocycles. The molecule has 0 bridgehead atoms. The Morgan fingerprint density at radius 2 is 2.44 bits per heavy atom. The lowest BCUT2D eigenvalue weighted by Gasteiger charge is -2.13. The molecule has 1 atom stereocenters. The van der Waals surface area contributed by atoms with Crippen LogP contribution in [0.1, 0.15) is 12.0 Å². The standard InChI is InChI=1S/C12H18N4O2/c1-9-5-11(16(17)18)7-14-12(9)13-6-10-3-4-15(2)8-10/h5,7,10H,3-4,6,8H2,1-2H3,(H,13,14). The van der Waals surface area contributed by atoms with E-state index in [9.17, 15) is 10.1 Å². The molecule has 1 N–H and O–H groups in total. The van der Waals surface area contributed by atoms with Gasteiger partial charge in [0.05, 0.1) is 4.92 Å². The predicted octanol–water partition coefficient (Wildman–Crippen LogP) is 1.66. The number of hydrogen-bond acceptors (Lipinski definition) is 5. The van der Waals surface area contributed by atoms with Gasteiger partial charge in [-0.3, -0.25) is 10.1 Å². The zero-order valence-corrected chi connectivity index (χ0v) is 10.7. The lowest BCUT2D eigenvalue weighted by Crippen LogP contribution is -2.19. The van der Waals surface area contributed by atoms with Gasteiger partial charge >= 0.3 is 0 Å². The van der Waals surface area contributed by atoms with E-state index in [1.807, 2.05) is 6.92 Å². The molecule has 1 fully saturated rings. The first-order chi connectivity index (χ1) is 8.56. The van der Waals surface area contributed by atoms with E-state index in [0.29, 0.717) is 5.92 Å². The third-order valence-electron chi connectivity index (χ3n) is 3.32. The molecule has 98 valence electrons. The summed E-state index contributed by atoms with van der Waals surface area (Å²) < 4.78 is 0. The lowest BCUT2D eigenvalue weighted by atomic mass is 10.1. The topological polar surface area (TPSA) is 71.3 Å². The van der Waals surface area contributed by atoms with Gasteiger partial charge in [0.1, 0.15) is 12.0 Å². The first-order valence-corrected chi connectivity index (χ1v) is 6.09. The van der Waals surface area contributed by atoms with Crippen molar-refractivity contribution in [3.8, 4) is 0 Å². The van der Waals surface area contributed by atoms with Crippen molar-refractivity contribution in [3.63, 3.8) is 0 Å². The van der Waals surface area contributed by atoms with Crippen molar-refractivity contribution < 1.29 is 4.92 Å². The van der Waals surface area contributed by atoms with Gasteiger partial charge in [0, 0.05) is 19.2 Å². The molecule has 0 radical (unpaired) electrons. The quantitative estimate of drug-likeness (QED) is 0.650. The van der Waals surface area contributed by atoms with Gasteiger partial charge in [-0.25, -0.2) is 4.98 Å². The minimum Gasteiger partial charge on any atom is -0.370 e. The first-order valence-electron chi connectivity index (χ1n) is 6.09. The molecule has 6 heteroatoms. The number of nitrogens with one attached hydrogen (secondary N) is 1. The van der Waals surface area contributed by atoms with E-state index in [4.69, 9.17) is 0 Å². The van der Waals surface area contributed by atoms with Gasteiger partial charge in [0.2, 0.25) is 0 Å². The van der Waals surface area contributed by atoms with Gasteiger partial charge in [-0.2, -0.15) is 0 Å². The Labute approximate surface area is 106 Å². The van der Waals surface area contributed by atoms with Crippen LogP contribution in [-0.4, -0.2) is 41.5 Å². The van der Waals surface area contributed by atoms with Gasteiger partial charge in [0.15, 0.2) is 0 Å². The van der Waals surface area contributed by atoms with Crippen LogP contribution >= 0.6 is 0 Å². The number of nitrogens with zero attached hydrogens (tertiary/aromatic N) is 3. The van der Waals surface area contributed by atoms with E-state index in [0.717, 1.165) is 31.0 Å². The molecule has 2 rings (SSSR count). The number of rotatable bonds is 4. The maximum Gasteiger partial charge on any atom is 0.287 e. The van der Waals surface area contributed by atoms with E-state index in [1.165, 1.54) is 12.6 Å². The Bertz CT molecular complexity index is 450. The maximum absolute atomic E-state index is 10.6. The molecular formula is C12H18N4O2. The Morgan fingerprint density at radius 1 is 1.67 bits per heavy atom. The fraction of sp³-hybridized carbons (Fsp3) is 0.583. The van der Waals surface area contributed by atoms with Gasteiger partial charge in [-0.15, -0.1) is 0 Å². The van der Waals surface area contributed by atoms with E-state index >= 15 is 0 Å². The van der Waals surface area contributed by atoms with Crippen LogP contribution < -0.4 is 5.32 Å². The summed E-state index contributed by atoms with van der Waals surface area (Å²) in [6, 6.07) is 1.55. The molecule has 1 saturated heterocycles. The van der Waals surface area contributed by atoms with E-state index in [1.54, 1.807) is 6.07 Å². The summed E-state index contributed by atoms with van der Waals surface area (Å²) in [5.74, 6) is 1.38. The molecule has 18 heavy (non-hydrogen) atoms. The molecule has 1 aliphatic heterocycles. The molecule has 2 heterocycles. The summed E-state index contributed by atoms with van der Waals surface area (Å²) in [5.41, 5.74) is 0.856. The fourth-order valence-electron chi connectivity index (χ4n) is 2.28. The summed E-state index contributed by atoms with van der Waals surface area (Å²) >= 11 is 0. The maximum atomic E-state index is 10.6. The molecule has 1 aliphatic rings. The van der Waals surface area contributed by atoms with E-state index in [2.05, 4.69) is 22.2 Å². The van der Waals surface area contributed by atoms with Gasteiger partial charge in [-0.1, -0.05) is 0 Å². The molecule has 0 aromatic carbocycles. The van der Waals surface area contributed by atoms with Crippen molar-refractivity contribution in [1.82, 2.24) is 9.88 Å². The number of anilines is 1. The molecule has 1 aromatic heterocycles. The van der Waals surface area contributed by atoms with Crippen LogP contribution in [0.25, 0.3) is 0 Å². The van der Waals surface area contributed by atoms with E-state index < -0.39 is 4.92 Å². The molecular weight excluding hydrogens is 232 g/mol. The highest BCUT2D eigenvalue weighted by Gasteiger charge is 2.19. The second-order valence-corrected chi connectivity index (χ2v) is 4.91. The van der Waals surface area contributed by atoms with Crippen molar-refractivity contribution >= 4 is 11.5 Å². The van der Waals surface area contributed by atoms with Gasteiger partial charge in [-0.05, 0) is 38.4 Å². The lowest BCUT2D eigenvalue weighted by molar-refractivity contribution is -0.385.